The molecule has 3 aromatic rings. The molecule has 0 aromatic carbocycles. The number of rotatable bonds is 3. The lowest BCUT2D eigenvalue weighted by molar-refractivity contribution is -0.135. The first-order valence-corrected chi connectivity index (χ1v) is 8.42. The summed E-state index contributed by atoms with van der Waals surface area (Å²) in [6, 6.07) is 3.51. The van der Waals surface area contributed by atoms with E-state index >= 15 is 0 Å². The molecule has 0 saturated carbocycles. The predicted molar refractivity (Wildman–Crippen MR) is 93.8 cm³/mol. The second-order valence-corrected chi connectivity index (χ2v) is 6.96. The van der Waals surface area contributed by atoms with Gasteiger partial charge in [0.1, 0.15) is 4.83 Å². The third-order valence-electron chi connectivity index (χ3n) is 4.09. The third kappa shape index (κ3) is 2.42. The zero-order chi connectivity index (χ0) is 17.7. The van der Waals surface area contributed by atoms with Gasteiger partial charge in [-0.25, -0.2) is 9.97 Å². The van der Waals surface area contributed by atoms with Crippen molar-refractivity contribution in [1.82, 2.24) is 15.0 Å². The van der Waals surface area contributed by atoms with Crippen LogP contribution in [0, 0.1) is 13.8 Å². The minimum atomic E-state index is -0.418. The van der Waals surface area contributed by atoms with E-state index in [1.54, 1.807) is 25.3 Å². The van der Waals surface area contributed by atoms with Gasteiger partial charge in [0.05, 0.1) is 11.6 Å². The van der Waals surface area contributed by atoms with Gasteiger partial charge in [0.2, 0.25) is 0 Å². The summed E-state index contributed by atoms with van der Waals surface area (Å²) in [5.41, 5.74) is 4.26. The van der Waals surface area contributed by atoms with Gasteiger partial charge in [0, 0.05) is 16.5 Å². The van der Waals surface area contributed by atoms with Gasteiger partial charge >= 0.3 is 0 Å². The Hall–Kier alpha value is -3.00. The Labute approximate surface area is 147 Å². The number of nitrogens with zero attached hydrogens (tertiary/aromatic N) is 3. The van der Waals surface area contributed by atoms with Crippen LogP contribution in [0.2, 0.25) is 0 Å². The van der Waals surface area contributed by atoms with E-state index in [4.69, 9.17) is 4.42 Å². The number of carbonyl (C=O) groups excluding carboxylic acids is 2. The maximum absolute atomic E-state index is 12.2. The van der Waals surface area contributed by atoms with Crippen LogP contribution in [-0.4, -0.2) is 26.8 Å². The minimum Gasteiger partial charge on any atom is -0.461 e. The number of imide groups is 1. The molecule has 0 saturated heterocycles. The van der Waals surface area contributed by atoms with Crippen LogP contribution in [0.4, 0.5) is 5.82 Å². The number of fused-ring (bicyclic) bond motifs is 1. The van der Waals surface area contributed by atoms with Crippen molar-refractivity contribution in [2.24, 2.45) is 0 Å². The summed E-state index contributed by atoms with van der Waals surface area (Å²) in [4.78, 5) is 35.1. The molecule has 25 heavy (non-hydrogen) atoms. The quantitative estimate of drug-likeness (QED) is 0.727. The fraction of sp³-hybridized carbons (Fsp3) is 0.176. The van der Waals surface area contributed by atoms with Gasteiger partial charge in [-0.3, -0.25) is 15.0 Å². The lowest BCUT2D eigenvalue weighted by Crippen LogP contribution is -2.36. The fourth-order valence-electron chi connectivity index (χ4n) is 2.65. The van der Waals surface area contributed by atoms with Crippen molar-refractivity contribution in [1.29, 1.82) is 0 Å². The monoisotopic (exact) mass is 354 g/mol. The molecule has 0 unspecified atom stereocenters. The van der Waals surface area contributed by atoms with Crippen LogP contribution in [0.25, 0.3) is 21.8 Å². The number of hydrazine groups is 1. The topological polar surface area (TPSA) is 88.3 Å². The Balaban J connectivity index is 1.86. The van der Waals surface area contributed by atoms with Crippen molar-refractivity contribution in [3.63, 3.8) is 0 Å². The summed E-state index contributed by atoms with van der Waals surface area (Å²) in [6.45, 7) is 5.56. The van der Waals surface area contributed by atoms with E-state index in [-0.39, 0.29) is 5.91 Å². The second-order valence-electron chi connectivity index (χ2n) is 5.75. The molecular weight excluding hydrogens is 340 g/mol. The molecule has 0 aliphatic carbocycles. The van der Waals surface area contributed by atoms with Crippen molar-refractivity contribution in [3.8, 4) is 11.6 Å². The molecule has 0 fully saturated rings. The van der Waals surface area contributed by atoms with Gasteiger partial charge in [-0.15, -0.1) is 11.3 Å². The molecule has 3 aromatic heterocycles. The van der Waals surface area contributed by atoms with E-state index < -0.39 is 5.91 Å². The minimum absolute atomic E-state index is 0.382. The van der Waals surface area contributed by atoms with Crippen molar-refractivity contribution < 1.29 is 14.0 Å². The Kier molecular flexibility index (Phi) is 3.43. The standard InChI is InChI=1S/C17H14N4O3S/c1-8-7-12(22)21(17(8)23)20-15-13-9(2)10(3)25-16(13)19-14(18-15)11-5-4-6-24-11/h4-7H,1-3H3,(H,18,19,20). The van der Waals surface area contributed by atoms with E-state index in [2.05, 4.69) is 15.4 Å². The summed E-state index contributed by atoms with van der Waals surface area (Å²) in [5, 5.41) is 1.76. The Bertz CT molecular complexity index is 1050. The highest BCUT2D eigenvalue weighted by Gasteiger charge is 2.30. The number of nitrogens with one attached hydrogen (secondary N) is 1. The van der Waals surface area contributed by atoms with Crippen LogP contribution >= 0.6 is 11.3 Å². The number of amides is 2. The molecule has 126 valence electrons. The first kappa shape index (κ1) is 15.5. The second kappa shape index (κ2) is 5.52. The normalized spacial score (nSPS) is 14.5. The third-order valence-corrected chi connectivity index (χ3v) is 5.19. The summed E-state index contributed by atoms with van der Waals surface area (Å²) in [5.74, 6) is 0.509. The van der Waals surface area contributed by atoms with Gasteiger partial charge in [0.25, 0.3) is 11.8 Å². The van der Waals surface area contributed by atoms with Crippen molar-refractivity contribution in [2.45, 2.75) is 20.8 Å². The molecule has 1 aliphatic rings. The lowest BCUT2D eigenvalue weighted by Gasteiger charge is -2.17. The molecule has 0 bridgehead atoms. The maximum Gasteiger partial charge on any atom is 0.275 e. The molecular formula is C17H14N4O3S. The van der Waals surface area contributed by atoms with Crippen LogP contribution in [0.3, 0.4) is 0 Å². The van der Waals surface area contributed by atoms with Crippen LogP contribution in [0.5, 0.6) is 0 Å². The number of anilines is 1. The average Bonchev–Trinajstić information content (AvgIpc) is 3.25. The average molecular weight is 354 g/mol. The van der Waals surface area contributed by atoms with Crippen molar-refractivity contribution >= 4 is 39.2 Å². The Morgan fingerprint density at radius 3 is 2.64 bits per heavy atom. The molecule has 7 nitrogen and oxygen atoms in total. The number of hydrogen-bond acceptors (Lipinski definition) is 7. The molecule has 0 spiro atoms. The highest BCUT2D eigenvalue weighted by atomic mass is 32.1. The Morgan fingerprint density at radius 2 is 2.00 bits per heavy atom. The molecule has 0 atom stereocenters. The molecule has 4 rings (SSSR count). The van der Waals surface area contributed by atoms with Crippen LogP contribution in [-0.2, 0) is 9.59 Å². The van der Waals surface area contributed by atoms with Crippen molar-refractivity contribution in [2.75, 3.05) is 5.43 Å². The SMILES string of the molecule is CC1=CC(=O)N(Nc2nc(-c3ccco3)nc3sc(C)c(C)c23)C1=O. The first-order chi connectivity index (χ1) is 12.0. The van der Waals surface area contributed by atoms with Crippen LogP contribution in [0.1, 0.15) is 17.4 Å². The van der Waals surface area contributed by atoms with Crippen LogP contribution in [0.15, 0.2) is 34.5 Å². The van der Waals surface area contributed by atoms with Crippen molar-refractivity contribution in [3.05, 3.63) is 40.5 Å². The number of furan rings is 1. The molecule has 0 radical (unpaired) electrons. The Morgan fingerprint density at radius 1 is 1.20 bits per heavy atom. The van der Waals surface area contributed by atoms with Gasteiger partial charge in [-0.05, 0) is 38.5 Å². The smallest absolute Gasteiger partial charge is 0.275 e. The van der Waals surface area contributed by atoms with E-state index in [0.717, 1.165) is 25.7 Å². The molecule has 4 heterocycles. The van der Waals surface area contributed by atoms with Gasteiger partial charge in [0.15, 0.2) is 17.4 Å². The summed E-state index contributed by atoms with van der Waals surface area (Å²) in [6.07, 6.45) is 2.84. The molecule has 8 heteroatoms. The summed E-state index contributed by atoms with van der Waals surface area (Å²) in [7, 11) is 0. The number of hydrogen-bond donors (Lipinski definition) is 1. The highest BCUT2D eigenvalue weighted by molar-refractivity contribution is 7.18. The largest absolute Gasteiger partial charge is 0.461 e. The molecule has 2 amide bonds. The molecule has 1 aliphatic heterocycles. The zero-order valence-electron chi connectivity index (χ0n) is 13.8. The van der Waals surface area contributed by atoms with Gasteiger partial charge < -0.3 is 4.42 Å². The summed E-state index contributed by atoms with van der Waals surface area (Å²) < 4.78 is 5.38. The van der Waals surface area contributed by atoms with Gasteiger partial charge in [-0.2, -0.15) is 5.01 Å². The van der Waals surface area contributed by atoms with E-state index in [0.29, 0.717) is 23.0 Å². The van der Waals surface area contributed by atoms with E-state index in [9.17, 15) is 9.59 Å². The number of aromatic nitrogens is 2. The van der Waals surface area contributed by atoms with E-state index in [1.165, 1.54) is 17.4 Å². The number of aryl methyl sites for hydroxylation is 2. The lowest BCUT2D eigenvalue weighted by atomic mass is 10.2. The number of thiophene rings is 1. The number of carbonyl (C=O) groups is 2. The molecule has 1 N–H and O–H groups in total. The highest BCUT2D eigenvalue weighted by Crippen LogP contribution is 2.35. The van der Waals surface area contributed by atoms with E-state index in [1.807, 2.05) is 13.8 Å². The predicted octanol–water partition coefficient (Wildman–Crippen LogP) is 3.21. The first-order valence-electron chi connectivity index (χ1n) is 7.60. The zero-order valence-corrected chi connectivity index (χ0v) is 14.6. The fourth-order valence-corrected chi connectivity index (χ4v) is 3.68. The van der Waals surface area contributed by atoms with Gasteiger partial charge in [-0.1, -0.05) is 0 Å². The maximum atomic E-state index is 12.2. The van der Waals surface area contributed by atoms with Crippen LogP contribution < -0.4 is 5.43 Å². The summed E-state index contributed by atoms with van der Waals surface area (Å²) >= 11 is 1.53.